The first kappa shape index (κ1) is 18.2. The molecule has 3 rings (SSSR count). The molecule has 2 aliphatic rings. The summed E-state index contributed by atoms with van der Waals surface area (Å²) in [7, 11) is 0. The van der Waals surface area contributed by atoms with Crippen LogP contribution in [-0.2, 0) is 9.59 Å². The van der Waals surface area contributed by atoms with Crippen LogP contribution < -0.4 is 10.2 Å². The molecule has 0 spiro atoms. The van der Waals surface area contributed by atoms with Gasteiger partial charge in [-0.05, 0) is 43.4 Å². The summed E-state index contributed by atoms with van der Waals surface area (Å²) in [5, 5.41) is 3.03. The molecule has 25 heavy (non-hydrogen) atoms. The Morgan fingerprint density at radius 3 is 2.96 bits per heavy atom. The summed E-state index contributed by atoms with van der Waals surface area (Å²) >= 11 is 3.52. The van der Waals surface area contributed by atoms with Crippen molar-refractivity contribution in [1.82, 2.24) is 10.2 Å². The molecule has 2 amide bonds. The number of nitrogens with one attached hydrogen (secondary N) is 1. The second kappa shape index (κ2) is 8.70. The molecule has 0 aliphatic carbocycles. The lowest BCUT2D eigenvalue weighted by molar-refractivity contribution is -0.135. The molecule has 0 bridgehead atoms. The van der Waals surface area contributed by atoms with Crippen molar-refractivity contribution in [1.29, 1.82) is 0 Å². The Morgan fingerprint density at radius 2 is 2.12 bits per heavy atom. The van der Waals surface area contributed by atoms with Crippen LogP contribution in [0.25, 0.3) is 0 Å². The first-order valence-electron chi connectivity index (χ1n) is 9.17. The molecule has 2 aliphatic heterocycles. The third-order valence-electron chi connectivity index (χ3n) is 5.05. The second-order valence-electron chi connectivity index (χ2n) is 7.01. The Labute approximate surface area is 157 Å². The molecule has 6 heteroatoms. The van der Waals surface area contributed by atoms with Gasteiger partial charge in [0.25, 0.3) is 0 Å². The lowest BCUT2D eigenvalue weighted by Crippen LogP contribution is -2.42. The number of anilines is 1. The Morgan fingerprint density at radius 1 is 1.24 bits per heavy atom. The van der Waals surface area contributed by atoms with E-state index in [4.69, 9.17) is 0 Å². The van der Waals surface area contributed by atoms with Crippen LogP contribution in [0.4, 0.5) is 5.69 Å². The van der Waals surface area contributed by atoms with E-state index in [1.54, 1.807) is 4.90 Å². The van der Waals surface area contributed by atoms with Gasteiger partial charge < -0.3 is 15.1 Å². The zero-order valence-corrected chi connectivity index (χ0v) is 16.1. The highest BCUT2D eigenvalue weighted by atomic mass is 79.9. The molecule has 1 N–H and O–H groups in total. The van der Waals surface area contributed by atoms with Crippen molar-refractivity contribution in [2.45, 2.75) is 32.1 Å². The Balaban J connectivity index is 1.43. The average Bonchev–Trinajstić information content (AvgIpc) is 2.99. The van der Waals surface area contributed by atoms with E-state index in [1.165, 1.54) is 5.69 Å². The van der Waals surface area contributed by atoms with E-state index >= 15 is 0 Å². The second-order valence-corrected chi connectivity index (χ2v) is 7.93. The molecule has 0 aromatic heterocycles. The van der Waals surface area contributed by atoms with Gasteiger partial charge in [-0.15, -0.1) is 0 Å². The fraction of sp³-hybridized carbons (Fsp3) is 0.579. The predicted octanol–water partition coefficient (Wildman–Crippen LogP) is 2.79. The molecule has 1 aromatic carbocycles. The average molecular weight is 408 g/mol. The van der Waals surface area contributed by atoms with Gasteiger partial charge in [0.05, 0.1) is 6.54 Å². The lowest BCUT2D eigenvalue weighted by Gasteiger charge is -2.21. The van der Waals surface area contributed by atoms with E-state index in [9.17, 15) is 9.59 Å². The van der Waals surface area contributed by atoms with Gasteiger partial charge in [-0.25, -0.2) is 0 Å². The normalized spacial score (nSPS) is 21.3. The van der Waals surface area contributed by atoms with E-state index in [0.717, 1.165) is 43.2 Å². The first-order valence-corrected chi connectivity index (χ1v) is 9.96. The molecule has 1 aromatic rings. The van der Waals surface area contributed by atoms with Crippen LogP contribution in [0.2, 0.25) is 0 Å². The summed E-state index contributed by atoms with van der Waals surface area (Å²) in [6.07, 6.45) is 4.69. The van der Waals surface area contributed by atoms with Crippen molar-refractivity contribution in [2.75, 3.05) is 37.6 Å². The zero-order valence-electron chi connectivity index (χ0n) is 14.5. The Kier molecular flexibility index (Phi) is 6.34. The molecule has 2 saturated heterocycles. The SMILES string of the molecule is O=C(CN1CCCCCC1=O)NCC1CCN(c2cccc(Br)c2)C1. The van der Waals surface area contributed by atoms with Gasteiger partial charge in [-0.2, -0.15) is 0 Å². The van der Waals surface area contributed by atoms with Gasteiger partial charge in [0, 0.05) is 42.8 Å². The number of likely N-dealkylation sites (tertiary alicyclic amines) is 1. The van der Waals surface area contributed by atoms with Crippen molar-refractivity contribution in [3.63, 3.8) is 0 Å². The zero-order chi connectivity index (χ0) is 17.6. The molecule has 1 atom stereocenters. The van der Waals surface area contributed by atoms with Crippen molar-refractivity contribution in [3.8, 4) is 0 Å². The summed E-state index contributed by atoms with van der Waals surface area (Å²) in [4.78, 5) is 28.2. The summed E-state index contributed by atoms with van der Waals surface area (Å²) in [6, 6.07) is 8.33. The van der Waals surface area contributed by atoms with Crippen LogP contribution in [0.3, 0.4) is 0 Å². The van der Waals surface area contributed by atoms with Gasteiger partial charge in [0.15, 0.2) is 0 Å². The van der Waals surface area contributed by atoms with Crippen molar-refractivity contribution in [3.05, 3.63) is 28.7 Å². The van der Waals surface area contributed by atoms with Crippen LogP contribution in [0.1, 0.15) is 32.1 Å². The number of hydrogen-bond acceptors (Lipinski definition) is 3. The highest BCUT2D eigenvalue weighted by molar-refractivity contribution is 9.10. The van der Waals surface area contributed by atoms with Gasteiger partial charge in [0.1, 0.15) is 0 Å². The molecule has 136 valence electrons. The fourth-order valence-corrected chi connectivity index (χ4v) is 3.99. The highest BCUT2D eigenvalue weighted by Crippen LogP contribution is 2.25. The summed E-state index contributed by atoms with van der Waals surface area (Å²) in [6.45, 7) is 3.58. The van der Waals surface area contributed by atoms with Crippen LogP contribution in [0.5, 0.6) is 0 Å². The van der Waals surface area contributed by atoms with E-state index in [0.29, 0.717) is 25.4 Å². The maximum absolute atomic E-state index is 12.2. The van der Waals surface area contributed by atoms with Gasteiger partial charge >= 0.3 is 0 Å². The Hall–Kier alpha value is -1.56. The van der Waals surface area contributed by atoms with Crippen molar-refractivity contribution in [2.24, 2.45) is 5.92 Å². The molecule has 1 unspecified atom stereocenters. The van der Waals surface area contributed by atoms with Gasteiger partial charge in [-0.1, -0.05) is 28.4 Å². The fourth-order valence-electron chi connectivity index (χ4n) is 3.60. The van der Waals surface area contributed by atoms with Gasteiger partial charge in [-0.3, -0.25) is 9.59 Å². The van der Waals surface area contributed by atoms with E-state index < -0.39 is 0 Å². The number of carbonyl (C=O) groups excluding carboxylic acids is 2. The first-order chi connectivity index (χ1) is 12.1. The minimum Gasteiger partial charge on any atom is -0.371 e. The molecule has 2 fully saturated rings. The predicted molar refractivity (Wildman–Crippen MR) is 103 cm³/mol. The maximum atomic E-state index is 12.2. The van der Waals surface area contributed by atoms with Crippen molar-refractivity contribution >= 4 is 33.4 Å². The minimum absolute atomic E-state index is 0.0313. The summed E-state index contributed by atoms with van der Waals surface area (Å²) in [5.74, 6) is 0.549. The number of amides is 2. The lowest BCUT2D eigenvalue weighted by atomic mass is 10.1. The topological polar surface area (TPSA) is 52.7 Å². The molecule has 0 saturated carbocycles. The number of rotatable bonds is 5. The summed E-state index contributed by atoms with van der Waals surface area (Å²) < 4.78 is 1.09. The molecule has 2 heterocycles. The van der Waals surface area contributed by atoms with Crippen LogP contribution in [-0.4, -0.2) is 49.4 Å². The molecular weight excluding hydrogens is 382 g/mol. The standard InChI is InChI=1S/C19H26BrN3O2/c20-16-5-4-6-17(11-16)22-10-8-15(13-22)12-21-18(24)14-23-9-3-1-2-7-19(23)25/h4-6,11,15H,1-3,7-10,12-14H2,(H,21,24). The number of benzene rings is 1. The van der Waals surface area contributed by atoms with Gasteiger partial charge in [0.2, 0.25) is 11.8 Å². The summed E-state index contributed by atoms with van der Waals surface area (Å²) in [5.41, 5.74) is 1.22. The number of nitrogens with zero attached hydrogens (tertiary/aromatic N) is 2. The number of halogens is 1. The third kappa shape index (κ3) is 5.21. The van der Waals surface area contributed by atoms with E-state index in [-0.39, 0.29) is 18.4 Å². The third-order valence-corrected chi connectivity index (χ3v) is 5.55. The van der Waals surface area contributed by atoms with E-state index in [2.05, 4.69) is 38.3 Å². The van der Waals surface area contributed by atoms with Crippen LogP contribution >= 0.6 is 15.9 Å². The molecule has 0 radical (unpaired) electrons. The minimum atomic E-state index is -0.0313. The highest BCUT2D eigenvalue weighted by Gasteiger charge is 2.24. The molecule has 5 nitrogen and oxygen atoms in total. The quantitative estimate of drug-likeness (QED) is 0.816. The monoisotopic (exact) mass is 407 g/mol. The van der Waals surface area contributed by atoms with Crippen molar-refractivity contribution < 1.29 is 9.59 Å². The Bertz CT molecular complexity index is 622. The van der Waals surface area contributed by atoms with Crippen LogP contribution in [0, 0.1) is 5.92 Å². The number of hydrogen-bond donors (Lipinski definition) is 1. The number of carbonyl (C=O) groups is 2. The van der Waals surface area contributed by atoms with Crippen LogP contribution in [0.15, 0.2) is 28.7 Å². The maximum Gasteiger partial charge on any atom is 0.239 e. The van der Waals surface area contributed by atoms with E-state index in [1.807, 2.05) is 12.1 Å². The largest absolute Gasteiger partial charge is 0.371 e. The smallest absolute Gasteiger partial charge is 0.239 e. The molecular formula is C19H26BrN3O2.